The van der Waals surface area contributed by atoms with E-state index in [9.17, 15) is 5.11 Å². The summed E-state index contributed by atoms with van der Waals surface area (Å²) in [6, 6.07) is 11.3. The van der Waals surface area contributed by atoms with Crippen LogP contribution in [0, 0.1) is 0 Å². The summed E-state index contributed by atoms with van der Waals surface area (Å²) in [7, 11) is 1.54. The molecule has 0 radical (unpaired) electrons. The van der Waals surface area contributed by atoms with Gasteiger partial charge in [0.05, 0.1) is 18.3 Å². The first-order valence-electron chi connectivity index (χ1n) is 9.35. The summed E-state index contributed by atoms with van der Waals surface area (Å²) < 4.78 is 7.36. The number of aryl methyl sites for hydroxylation is 1. The number of aromatic hydroxyl groups is 1. The Hall–Kier alpha value is -3.41. The van der Waals surface area contributed by atoms with E-state index in [1.807, 2.05) is 35.0 Å². The Morgan fingerprint density at radius 1 is 1.07 bits per heavy atom. The number of hydrogen-bond donors (Lipinski definition) is 1. The van der Waals surface area contributed by atoms with Gasteiger partial charge in [0.1, 0.15) is 5.69 Å². The van der Waals surface area contributed by atoms with Crippen molar-refractivity contribution in [3.05, 3.63) is 54.5 Å². The van der Waals surface area contributed by atoms with E-state index < -0.39 is 0 Å². The lowest BCUT2D eigenvalue weighted by molar-refractivity contribution is 0.374. The average molecular weight is 374 g/mol. The SMILES string of the molecule is CCc1c(-c2ccnc3cc(O)c(OC)cc23)c(-c2ccccn2)nn1CC. The van der Waals surface area contributed by atoms with Crippen molar-refractivity contribution >= 4 is 10.9 Å². The smallest absolute Gasteiger partial charge is 0.161 e. The second-order valence-corrected chi connectivity index (χ2v) is 6.45. The van der Waals surface area contributed by atoms with Gasteiger partial charge in [0, 0.05) is 41.6 Å². The van der Waals surface area contributed by atoms with E-state index in [1.165, 1.54) is 0 Å². The molecule has 0 aliphatic carbocycles. The summed E-state index contributed by atoms with van der Waals surface area (Å²) in [6.45, 7) is 4.99. The molecule has 6 nitrogen and oxygen atoms in total. The molecule has 0 aliphatic heterocycles. The molecule has 4 rings (SSSR count). The van der Waals surface area contributed by atoms with E-state index in [-0.39, 0.29) is 5.75 Å². The number of pyridine rings is 2. The molecule has 0 spiro atoms. The Kier molecular flexibility index (Phi) is 4.69. The largest absolute Gasteiger partial charge is 0.504 e. The molecule has 0 unspecified atom stereocenters. The molecular weight excluding hydrogens is 352 g/mol. The quantitative estimate of drug-likeness (QED) is 0.558. The van der Waals surface area contributed by atoms with Crippen LogP contribution in [0.15, 0.2) is 48.8 Å². The van der Waals surface area contributed by atoms with Gasteiger partial charge >= 0.3 is 0 Å². The molecule has 0 saturated carbocycles. The number of nitrogens with zero attached hydrogens (tertiary/aromatic N) is 4. The molecule has 4 aromatic rings. The molecule has 0 atom stereocenters. The van der Waals surface area contributed by atoms with Crippen molar-refractivity contribution in [1.29, 1.82) is 0 Å². The van der Waals surface area contributed by atoms with Gasteiger partial charge in [-0.15, -0.1) is 0 Å². The highest BCUT2D eigenvalue weighted by Crippen LogP contribution is 2.40. The summed E-state index contributed by atoms with van der Waals surface area (Å²) in [5.41, 5.74) is 5.56. The number of fused-ring (bicyclic) bond motifs is 1. The second kappa shape index (κ2) is 7.31. The number of phenolic OH excluding ortho intramolecular Hbond substituents is 1. The molecule has 0 saturated heterocycles. The van der Waals surface area contributed by atoms with Crippen LogP contribution >= 0.6 is 0 Å². The molecule has 0 aliphatic rings. The minimum absolute atomic E-state index is 0.0737. The second-order valence-electron chi connectivity index (χ2n) is 6.45. The Morgan fingerprint density at radius 2 is 1.93 bits per heavy atom. The van der Waals surface area contributed by atoms with Gasteiger partial charge in [-0.3, -0.25) is 14.6 Å². The maximum absolute atomic E-state index is 10.2. The van der Waals surface area contributed by atoms with Gasteiger partial charge in [0.25, 0.3) is 0 Å². The highest BCUT2D eigenvalue weighted by molar-refractivity contribution is 6.00. The molecule has 0 amide bonds. The Bertz CT molecular complexity index is 1140. The van der Waals surface area contributed by atoms with Crippen LogP contribution in [0.2, 0.25) is 0 Å². The van der Waals surface area contributed by atoms with Crippen LogP contribution < -0.4 is 4.74 Å². The maximum atomic E-state index is 10.2. The molecule has 3 heterocycles. The maximum Gasteiger partial charge on any atom is 0.161 e. The predicted octanol–water partition coefficient (Wildman–Crippen LogP) is 4.46. The van der Waals surface area contributed by atoms with Crippen molar-refractivity contribution < 1.29 is 9.84 Å². The fourth-order valence-corrected chi connectivity index (χ4v) is 3.63. The standard InChI is InChI=1S/C22H22N4O2/c1-4-18-21(22(25-26(18)5-2)16-8-6-7-10-23-16)14-9-11-24-17-13-19(27)20(28-3)12-15(14)17/h6-13,27H,4-5H2,1-3H3. The first-order valence-corrected chi connectivity index (χ1v) is 9.35. The third kappa shape index (κ3) is 2.87. The molecule has 1 N–H and O–H groups in total. The molecule has 28 heavy (non-hydrogen) atoms. The first kappa shape index (κ1) is 18.0. The summed E-state index contributed by atoms with van der Waals surface area (Å²) in [4.78, 5) is 8.96. The Morgan fingerprint density at radius 3 is 2.61 bits per heavy atom. The van der Waals surface area contributed by atoms with Crippen molar-refractivity contribution in [2.24, 2.45) is 0 Å². The lowest BCUT2D eigenvalue weighted by atomic mass is 9.96. The zero-order valence-electron chi connectivity index (χ0n) is 16.2. The van der Waals surface area contributed by atoms with Gasteiger partial charge < -0.3 is 9.84 Å². The van der Waals surface area contributed by atoms with E-state index in [2.05, 4.69) is 23.8 Å². The van der Waals surface area contributed by atoms with Crippen LogP contribution in [0.5, 0.6) is 11.5 Å². The highest BCUT2D eigenvalue weighted by Gasteiger charge is 2.22. The first-order chi connectivity index (χ1) is 13.7. The van der Waals surface area contributed by atoms with Gasteiger partial charge in [0.15, 0.2) is 11.5 Å². The van der Waals surface area contributed by atoms with Gasteiger partial charge in [0.2, 0.25) is 0 Å². The van der Waals surface area contributed by atoms with E-state index in [1.54, 1.807) is 25.6 Å². The number of benzene rings is 1. The van der Waals surface area contributed by atoms with E-state index in [0.717, 1.165) is 46.6 Å². The predicted molar refractivity (Wildman–Crippen MR) is 109 cm³/mol. The van der Waals surface area contributed by atoms with Crippen LogP contribution in [0.1, 0.15) is 19.5 Å². The molecular formula is C22H22N4O2. The van der Waals surface area contributed by atoms with E-state index in [4.69, 9.17) is 9.84 Å². The number of rotatable bonds is 5. The molecule has 142 valence electrons. The normalized spacial score (nSPS) is 11.1. The molecule has 0 bridgehead atoms. The van der Waals surface area contributed by atoms with Gasteiger partial charge in [-0.25, -0.2) is 0 Å². The van der Waals surface area contributed by atoms with Crippen LogP contribution in [0.25, 0.3) is 33.4 Å². The van der Waals surface area contributed by atoms with Crippen LogP contribution in [-0.4, -0.2) is 32.0 Å². The summed E-state index contributed by atoms with van der Waals surface area (Å²) in [5.74, 6) is 0.492. The van der Waals surface area contributed by atoms with Crippen molar-refractivity contribution in [3.8, 4) is 34.0 Å². The zero-order valence-corrected chi connectivity index (χ0v) is 16.2. The molecule has 6 heteroatoms. The lowest BCUT2D eigenvalue weighted by Crippen LogP contribution is -2.02. The Labute approximate surface area is 163 Å². The number of aromatic nitrogens is 4. The van der Waals surface area contributed by atoms with Crippen molar-refractivity contribution in [2.45, 2.75) is 26.8 Å². The van der Waals surface area contributed by atoms with Crippen molar-refractivity contribution in [3.63, 3.8) is 0 Å². The van der Waals surface area contributed by atoms with Crippen molar-refractivity contribution in [1.82, 2.24) is 19.7 Å². The van der Waals surface area contributed by atoms with Crippen LogP contribution in [-0.2, 0) is 13.0 Å². The number of phenols is 1. The highest BCUT2D eigenvalue weighted by atomic mass is 16.5. The fraction of sp³-hybridized carbons (Fsp3) is 0.227. The fourth-order valence-electron chi connectivity index (χ4n) is 3.63. The molecule has 3 aromatic heterocycles. The van der Waals surface area contributed by atoms with E-state index in [0.29, 0.717) is 11.3 Å². The minimum atomic E-state index is 0.0737. The summed E-state index contributed by atoms with van der Waals surface area (Å²) in [6.07, 6.45) is 4.37. The minimum Gasteiger partial charge on any atom is -0.504 e. The number of methoxy groups -OCH3 is 1. The zero-order chi connectivity index (χ0) is 19.7. The van der Waals surface area contributed by atoms with Gasteiger partial charge in [-0.1, -0.05) is 13.0 Å². The molecule has 1 aromatic carbocycles. The lowest BCUT2D eigenvalue weighted by Gasteiger charge is -2.12. The molecule has 0 fully saturated rings. The summed E-state index contributed by atoms with van der Waals surface area (Å²) in [5, 5.41) is 15.9. The third-order valence-electron chi connectivity index (χ3n) is 4.91. The van der Waals surface area contributed by atoms with E-state index >= 15 is 0 Å². The number of hydrogen-bond acceptors (Lipinski definition) is 5. The van der Waals surface area contributed by atoms with Crippen LogP contribution in [0.4, 0.5) is 0 Å². The Balaban J connectivity index is 2.08. The topological polar surface area (TPSA) is 73.1 Å². The number of ether oxygens (including phenoxy) is 1. The van der Waals surface area contributed by atoms with Crippen LogP contribution in [0.3, 0.4) is 0 Å². The summed E-state index contributed by atoms with van der Waals surface area (Å²) >= 11 is 0. The van der Waals surface area contributed by atoms with Crippen molar-refractivity contribution in [2.75, 3.05) is 7.11 Å². The third-order valence-corrected chi connectivity index (χ3v) is 4.91. The monoisotopic (exact) mass is 374 g/mol. The average Bonchev–Trinajstić information content (AvgIpc) is 3.11. The van der Waals surface area contributed by atoms with Gasteiger partial charge in [-0.05, 0) is 43.2 Å². The van der Waals surface area contributed by atoms with Gasteiger partial charge in [-0.2, -0.15) is 5.10 Å².